The van der Waals surface area contributed by atoms with Crippen LogP contribution in [0.3, 0.4) is 0 Å². The maximum Gasteiger partial charge on any atom is 0.349 e. The highest BCUT2D eigenvalue weighted by Crippen LogP contribution is 2.55. The van der Waals surface area contributed by atoms with Crippen molar-refractivity contribution < 1.29 is 18.1 Å². The number of aldehydes is 1. The molecule has 0 saturated carbocycles. The molecule has 1 heterocycles. The van der Waals surface area contributed by atoms with Crippen molar-refractivity contribution in [2.75, 3.05) is 6.61 Å². The van der Waals surface area contributed by atoms with Crippen molar-refractivity contribution in [1.29, 1.82) is 0 Å². The number of carbonyl (C=O) groups is 1. The molecule has 0 aromatic rings. The molecular weight excluding hydrogens is 408 g/mol. The van der Waals surface area contributed by atoms with Crippen LogP contribution in [0.2, 0.25) is 28.2 Å². The average Bonchev–Trinajstić information content (AvgIpc) is 2.55. The van der Waals surface area contributed by atoms with E-state index in [0.717, 1.165) is 6.29 Å². The van der Waals surface area contributed by atoms with E-state index in [9.17, 15) is 4.79 Å². The minimum absolute atomic E-state index is 0.0148. The van der Waals surface area contributed by atoms with Crippen LogP contribution >= 0.6 is 0 Å². The summed E-state index contributed by atoms with van der Waals surface area (Å²) in [6.45, 7) is 31.9. The summed E-state index contributed by atoms with van der Waals surface area (Å²) in [7, 11) is -4.61. The first kappa shape index (κ1) is 28.0. The molecule has 178 valence electrons. The van der Waals surface area contributed by atoms with Gasteiger partial charge in [0.2, 0.25) is 0 Å². The second-order valence-electron chi connectivity index (χ2n) is 13.2. The van der Waals surface area contributed by atoms with Crippen LogP contribution in [0, 0.1) is 17.8 Å². The lowest BCUT2D eigenvalue weighted by Gasteiger charge is -2.56. The summed E-state index contributed by atoms with van der Waals surface area (Å²) in [4.78, 5) is 11.9. The lowest BCUT2D eigenvalue weighted by Crippen LogP contribution is -2.65. The molecule has 0 bridgehead atoms. The number of carbonyl (C=O) groups excluding carboxylic acids is 1. The zero-order valence-corrected chi connectivity index (χ0v) is 24.3. The highest BCUT2D eigenvalue weighted by atomic mass is 28.4. The van der Waals surface area contributed by atoms with Crippen LogP contribution in [0.1, 0.15) is 83.1 Å². The van der Waals surface area contributed by atoms with Crippen molar-refractivity contribution in [3.8, 4) is 0 Å². The smallest absolute Gasteiger partial charge is 0.349 e. The van der Waals surface area contributed by atoms with Crippen LogP contribution in [-0.4, -0.2) is 42.0 Å². The molecule has 0 unspecified atom stereocenters. The molecule has 1 aliphatic heterocycles. The summed E-state index contributed by atoms with van der Waals surface area (Å²) in [6.07, 6.45) is 0.915. The first-order valence-corrected chi connectivity index (χ1v) is 16.4. The molecule has 0 aliphatic carbocycles. The van der Waals surface area contributed by atoms with Gasteiger partial charge < -0.3 is 18.1 Å². The van der Waals surface area contributed by atoms with E-state index in [1.54, 1.807) is 0 Å². The highest BCUT2D eigenvalue weighted by molar-refractivity contribution is 6.74. The maximum atomic E-state index is 11.9. The maximum absolute atomic E-state index is 11.9. The second kappa shape index (κ2) is 9.08. The first-order chi connectivity index (χ1) is 13.2. The van der Waals surface area contributed by atoms with E-state index in [1.807, 2.05) is 6.92 Å². The van der Waals surface area contributed by atoms with E-state index in [4.69, 9.17) is 13.3 Å². The summed E-state index contributed by atoms with van der Waals surface area (Å²) in [5, 5.41) is -0.0319. The summed E-state index contributed by atoms with van der Waals surface area (Å²) in [5.74, 6) is 0.192. The van der Waals surface area contributed by atoms with Crippen molar-refractivity contribution in [1.82, 2.24) is 0 Å². The van der Waals surface area contributed by atoms with E-state index in [0.29, 0.717) is 6.61 Å². The Morgan fingerprint density at radius 3 is 1.83 bits per heavy atom. The van der Waals surface area contributed by atoms with Crippen LogP contribution in [-0.2, 0) is 18.1 Å². The number of rotatable bonds is 6. The fourth-order valence-electron chi connectivity index (χ4n) is 4.70. The summed E-state index contributed by atoms with van der Waals surface area (Å²) in [6, 6.07) is 0. The Kier molecular flexibility index (Phi) is 8.48. The van der Waals surface area contributed by atoms with E-state index in [1.165, 1.54) is 0 Å². The van der Waals surface area contributed by atoms with Gasteiger partial charge in [0.25, 0.3) is 0 Å². The molecule has 0 spiro atoms. The van der Waals surface area contributed by atoms with Crippen molar-refractivity contribution in [2.24, 2.45) is 17.8 Å². The fraction of sp³-hybridized carbons (Fsp3) is 0.958. The third-order valence-electron chi connectivity index (χ3n) is 7.39. The van der Waals surface area contributed by atoms with Crippen molar-refractivity contribution in [2.45, 2.75) is 124 Å². The van der Waals surface area contributed by atoms with Gasteiger partial charge in [-0.05, 0) is 18.1 Å². The van der Waals surface area contributed by atoms with Gasteiger partial charge >= 0.3 is 8.56 Å². The van der Waals surface area contributed by atoms with Crippen LogP contribution < -0.4 is 0 Å². The summed E-state index contributed by atoms with van der Waals surface area (Å²) in [5.41, 5.74) is 0. The standard InChI is InChI=1S/C24H50O4Si2/c1-17(15-25)20(27-29(13,14)22(4,5)6)19(3)21-18(2)16-26-30(28-21,23(7,8)9)24(10,11)12/h15,17-21H,16H2,1-14H3/t17-,18+,19-,20+,21-/m1/s1. The summed E-state index contributed by atoms with van der Waals surface area (Å²) < 4.78 is 20.6. The average molecular weight is 459 g/mol. The van der Waals surface area contributed by atoms with Crippen LogP contribution in [0.5, 0.6) is 0 Å². The lowest BCUT2D eigenvalue weighted by molar-refractivity contribution is -0.118. The lowest BCUT2D eigenvalue weighted by atomic mass is 9.85. The third kappa shape index (κ3) is 5.48. The van der Waals surface area contributed by atoms with E-state index in [-0.39, 0.29) is 45.1 Å². The molecular formula is C24H50O4Si2. The molecule has 0 aromatic heterocycles. The predicted molar refractivity (Wildman–Crippen MR) is 132 cm³/mol. The Hall–Kier alpha value is -0.0162. The van der Waals surface area contributed by atoms with Gasteiger partial charge in [0.1, 0.15) is 6.29 Å². The highest BCUT2D eigenvalue weighted by Gasteiger charge is 2.62. The molecule has 5 atom stereocenters. The van der Waals surface area contributed by atoms with Gasteiger partial charge in [-0.15, -0.1) is 0 Å². The van der Waals surface area contributed by atoms with Gasteiger partial charge in [-0.25, -0.2) is 0 Å². The SMILES string of the molecule is C[C@H]([C@@H](O[Si](C)(C)C(C)(C)C)[C@H](C)C=O)[C@@H]1O[Si](C(C)(C)C)(C(C)(C)C)OC[C@@H]1C. The monoisotopic (exact) mass is 458 g/mol. The zero-order valence-electron chi connectivity index (χ0n) is 22.3. The third-order valence-corrected chi connectivity index (χ3v) is 17.0. The second-order valence-corrected chi connectivity index (χ2v) is 22.7. The molecule has 1 saturated heterocycles. The Labute approximate surface area is 189 Å². The van der Waals surface area contributed by atoms with Gasteiger partial charge in [0.15, 0.2) is 8.32 Å². The topological polar surface area (TPSA) is 44.8 Å². The van der Waals surface area contributed by atoms with E-state index < -0.39 is 16.9 Å². The fourth-order valence-corrected chi connectivity index (χ4v) is 11.4. The van der Waals surface area contributed by atoms with E-state index in [2.05, 4.69) is 89.3 Å². The van der Waals surface area contributed by atoms with Crippen molar-refractivity contribution in [3.05, 3.63) is 0 Å². The van der Waals surface area contributed by atoms with Crippen LogP contribution in [0.25, 0.3) is 0 Å². The first-order valence-electron chi connectivity index (χ1n) is 11.7. The number of hydrogen-bond donors (Lipinski definition) is 0. The molecule has 30 heavy (non-hydrogen) atoms. The largest absolute Gasteiger partial charge is 0.413 e. The minimum Gasteiger partial charge on any atom is -0.413 e. The molecule has 4 nitrogen and oxygen atoms in total. The molecule has 0 amide bonds. The van der Waals surface area contributed by atoms with Crippen molar-refractivity contribution in [3.63, 3.8) is 0 Å². The van der Waals surface area contributed by atoms with Crippen LogP contribution in [0.15, 0.2) is 0 Å². The quantitative estimate of drug-likeness (QED) is 0.319. The number of hydrogen-bond acceptors (Lipinski definition) is 4. The molecule has 1 fully saturated rings. The molecule has 0 N–H and O–H groups in total. The van der Waals surface area contributed by atoms with Crippen LogP contribution in [0.4, 0.5) is 0 Å². The molecule has 1 rings (SSSR count). The molecule has 0 aromatic carbocycles. The molecule has 1 aliphatic rings. The van der Waals surface area contributed by atoms with E-state index >= 15 is 0 Å². The predicted octanol–water partition coefficient (Wildman–Crippen LogP) is 6.94. The zero-order chi connectivity index (χ0) is 23.9. The van der Waals surface area contributed by atoms with Gasteiger partial charge in [-0.2, -0.15) is 0 Å². The normalized spacial score (nSPS) is 26.7. The Balaban J connectivity index is 3.37. The van der Waals surface area contributed by atoms with Gasteiger partial charge in [0, 0.05) is 34.4 Å². The molecule has 0 radical (unpaired) electrons. The Morgan fingerprint density at radius 2 is 1.47 bits per heavy atom. The van der Waals surface area contributed by atoms with Crippen molar-refractivity contribution >= 4 is 23.2 Å². The minimum atomic E-state index is -2.57. The summed E-state index contributed by atoms with van der Waals surface area (Å²) >= 11 is 0. The van der Waals surface area contributed by atoms with Gasteiger partial charge in [-0.1, -0.05) is 83.1 Å². The van der Waals surface area contributed by atoms with Gasteiger partial charge in [-0.3, -0.25) is 0 Å². The van der Waals surface area contributed by atoms with Gasteiger partial charge in [0.05, 0.1) is 12.2 Å². The molecule has 6 heteroatoms. The Bertz CT molecular complexity index is 569. The Morgan fingerprint density at radius 1 is 1.00 bits per heavy atom.